The summed E-state index contributed by atoms with van der Waals surface area (Å²) in [4.78, 5) is 16.2. The number of rotatable bonds is 5. The zero-order valence-corrected chi connectivity index (χ0v) is 12.8. The monoisotopic (exact) mass is 328 g/mol. The van der Waals surface area contributed by atoms with Gasteiger partial charge in [-0.2, -0.15) is 5.10 Å². The van der Waals surface area contributed by atoms with Crippen molar-refractivity contribution in [3.05, 3.63) is 71.8 Å². The van der Waals surface area contributed by atoms with E-state index in [9.17, 15) is 9.18 Å². The number of halogens is 1. The molecule has 0 saturated heterocycles. The highest BCUT2D eigenvalue weighted by Crippen LogP contribution is 2.19. The van der Waals surface area contributed by atoms with Gasteiger partial charge in [0.15, 0.2) is 5.16 Å². The van der Waals surface area contributed by atoms with Crippen LogP contribution < -0.4 is 5.32 Å². The molecule has 0 bridgehead atoms. The van der Waals surface area contributed by atoms with Gasteiger partial charge in [-0.15, -0.1) is 0 Å². The number of benzene rings is 2. The molecule has 1 heterocycles. The average molecular weight is 328 g/mol. The Morgan fingerprint density at radius 3 is 2.74 bits per heavy atom. The number of nitrogens with zero attached hydrogens (tertiary/aromatic N) is 2. The van der Waals surface area contributed by atoms with Crippen molar-refractivity contribution in [1.29, 1.82) is 0 Å². The molecule has 0 spiro atoms. The predicted octanol–water partition coefficient (Wildman–Crippen LogP) is 3.49. The van der Waals surface area contributed by atoms with Crippen LogP contribution in [0.3, 0.4) is 0 Å². The molecule has 0 aliphatic heterocycles. The number of H-pyrrole nitrogens is 1. The van der Waals surface area contributed by atoms with E-state index < -0.39 is 0 Å². The predicted molar refractivity (Wildman–Crippen MR) is 86.7 cm³/mol. The maximum absolute atomic E-state index is 13.1. The van der Waals surface area contributed by atoms with Crippen LogP contribution in [0.25, 0.3) is 0 Å². The summed E-state index contributed by atoms with van der Waals surface area (Å²) >= 11 is 1.53. The fourth-order valence-electron chi connectivity index (χ4n) is 1.94. The molecule has 7 heteroatoms. The van der Waals surface area contributed by atoms with Crippen molar-refractivity contribution in [2.45, 2.75) is 10.9 Å². The third-order valence-electron chi connectivity index (χ3n) is 3.07. The SMILES string of the molecule is O=C(Nc1cccc(F)c1)c1ccc(CSc2ncn[nH]2)cc1. The molecular weight excluding hydrogens is 315 g/mol. The number of thioether (sulfide) groups is 1. The van der Waals surface area contributed by atoms with Crippen molar-refractivity contribution in [3.63, 3.8) is 0 Å². The Kier molecular flexibility index (Phi) is 4.68. The van der Waals surface area contributed by atoms with Crippen LogP contribution in [0.1, 0.15) is 15.9 Å². The molecule has 23 heavy (non-hydrogen) atoms. The van der Waals surface area contributed by atoms with Crippen LogP contribution in [-0.2, 0) is 5.75 Å². The van der Waals surface area contributed by atoms with Crippen LogP contribution in [0.4, 0.5) is 10.1 Å². The van der Waals surface area contributed by atoms with Crippen LogP contribution in [0.5, 0.6) is 0 Å². The molecule has 1 aromatic heterocycles. The second kappa shape index (κ2) is 7.06. The molecule has 1 amide bonds. The Morgan fingerprint density at radius 2 is 2.04 bits per heavy atom. The van der Waals surface area contributed by atoms with Crippen LogP contribution in [0, 0.1) is 5.82 Å². The van der Waals surface area contributed by atoms with Gasteiger partial charge in [-0.25, -0.2) is 9.37 Å². The molecule has 5 nitrogen and oxygen atoms in total. The van der Waals surface area contributed by atoms with Gasteiger partial charge < -0.3 is 5.32 Å². The molecule has 0 saturated carbocycles. The molecule has 116 valence electrons. The van der Waals surface area contributed by atoms with Crippen LogP contribution >= 0.6 is 11.8 Å². The van der Waals surface area contributed by atoms with Crippen molar-refractivity contribution < 1.29 is 9.18 Å². The number of aromatic amines is 1. The van der Waals surface area contributed by atoms with Crippen molar-refractivity contribution in [1.82, 2.24) is 15.2 Å². The van der Waals surface area contributed by atoms with Gasteiger partial charge in [0.1, 0.15) is 12.1 Å². The van der Waals surface area contributed by atoms with E-state index in [1.165, 1.54) is 30.2 Å². The van der Waals surface area contributed by atoms with Gasteiger partial charge in [0, 0.05) is 17.0 Å². The third kappa shape index (κ3) is 4.17. The topological polar surface area (TPSA) is 70.7 Å². The lowest BCUT2D eigenvalue weighted by atomic mass is 10.1. The van der Waals surface area contributed by atoms with Gasteiger partial charge in [0.2, 0.25) is 0 Å². The minimum atomic E-state index is -0.386. The van der Waals surface area contributed by atoms with E-state index in [1.807, 2.05) is 12.1 Å². The lowest BCUT2D eigenvalue weighted by molar-refractivity contribution is 0.102. The van der Waals surface area contributed by atoms with Gasteiger partial charge >= 0.3 is 0 Å². The van der Waals surface area contributed by atoms with Crippen LogP contribution in [0.15, 0.2) is 60.0 Å². The summed E-state index contributed by atoms with van der Waals surface area (Å²) in [5.41, 5.74) is 2.01. The minimum Gasteiger partial charge on any atom is -0.322 e. The van der Waals surface area contributed by atoms with E-state index in [1.54, 1.807) is 24.3 Å². The molecule has 2 aromatic carbocycles. The molecule has 0 atom stereocenters. The molecule has 0 unspecified atom stereocenters. The molecule has 3 aromatic rings. The zero-order chi connectivity index (χ0) is 16.1. The summed E-state index contributed by atoms with van der Waals surface area (Å²) in [6, 6.07) is 13.0. The second-order valence-electron chi connectivity index (χ2n) is 4.74. The Labute approximate surface area is 136 Å². The van der Waals surface area contributed by atoms with Crippen molar-refractivity contribution >= 4 is 23.4 Å². The van der Waals surface area contributed by atoms with E-state index in [4.69, 9.17) is 0 Å². The van der Waals surface area contributed by atoms with Gasteiger partial charge in [0.05, 0.1) is 0 Å². The van der Waals surface area contributed by atoms with E-state index in [0.717, 1.165) is 16.5 Å². The number of carbonyl (C=O) groups is 1. The van der Waals surface area contributed by atoms with Crippen molar-refractivity contribution in [2.24, 2.45) is 0 Å². The molecular formula is C16H13FN4OS. The van der Waals surface area contributed by atoms with Gasteiger partial charge in [-0.05, 0) is 35.9 Å². The molecule has 0 fully saturated rings. The first kappa shape index (κ1) is 15.2. The normalized spacial score (nSPS) is 10.5. The smallest absolute Gasteiger partial charge is 0.255 e. The summed E-state index contributed by atoms with van der Waals surface area (Å²) < 4.78 is 13.1. The number of amides is 1. The van der Waals surface area contributed by atoms with Crippen molar-refractivity contribution in [2.75, 3.05) is 5.32 Å². The molecule has 2 N–H and O–H groups in total. The quantitative estimate of drug-likeness (QED) is 0.703. The Balaban J connectivity index is 1.61. The molecule has 0 aliphatic rings. The van der Waals surface area contributed by atoms with Gasteiger partial charge in [0.25, 0.3) is 5.91 Å². The highest BCUT2D eigenvalue weighted by molar-refractivity contribution is 7.98. The number of hydrogen-bond acceptors (Lipinski definition) is 4. The fraction of sp³-hybridized carbons (Fsp3) is 0.0625. The highest BCUT2D eigenvalue weighted by atomic mass is 32.2. The lowest BCUT2D eigenvalue weighted by Crippen LogP contribution is -2.11. The van der Waals surface area contributed by atoms with E-state index in [0.29, 0.717) is 11.3 Å². The number of carbonyl (C=O) groups excluding carboxylic acids is 1. The van der Waals surface area contributed by atoms with Gasteiger partial charge in [-0.3, -0.25) is 9.89 Å². The van der Waals surface area contributed by atoms with Crippen molar-refractivity contribution in [3.8, 4) is 0 Å². The minimum absolute atomic E-state index is 0.273. The summed E-state index contributed by atoms with van der Waals surface area (Å²) in [6.45, 7) is 0. The zero-order valence-electron chi connectivity index (χ0n) is 12.0. The molecule has 3 rings (SSSR count). The number of anilines is 1. The first-order valence-corrected chi connectivity index (χ1v) is 7.83. The summed E-state index contributed by atoms with van der Waals surface area (Å²) in [5.74, 6) is 0.0636. The number of nitrogens with one attached hydrogen (secondary N) is 2. The first-order valence-electron chi connectivity index (χ1n) is 6.85. The maximum Gasteiger partial charge on any atom is 0.255 e. The second-order valence-corrected chi connectivity index (χ2v) is 5.70. The largest absolute Gasteiger partial charge is 0.322 e. The Hall–Kier alpha value is -2.67. The van der Waals surface area contributed by atoms with E-state index in [2.05, 4.69) is 20.5 Å². The average Bonchev–Trinajstić information content (AvgIpc) is 3.07. The first-order chi connectivity index (χ1) is 11.2. The highest BCUT2D eigenvalue weighted by Gasteiger charge is 2.07. The fourth-order valence-corrected chi connectivity index (χ4v) is 2.67. The standard InChI is InChI=1S/C16H13FN4OS/c17-13-2-1-3-14(8-13)20-15(22)12-6-4-11(5-7-12)9-23-16-18-10-19-21-16/h1-8,10H,9H2,(H,20,22)(H,18,19,21). The van der Waals surface area contributed by atoms with E-state index >= 15 is 0 Å². The molecule has 0 radical (unpaired) electrons. The van der Waals surface area contributed by atoms with Gasteiger partial charge in [-0.1, -0.05) is 30.0 Å². The van der Waals surface area contributed by atoms with Crippen LogP contribution in [0.2, 0.25) is 0 Å². The van der Waals surface area contributed by atoms with E-state index in [-0.39, 0.29) is 11.7 Å². The lowest BCUT2D eigenvalue weighted by Gasteiger charge is -2.06. The Morgan fingerprint density at radius 1 is 1.22 bits per heavy atom. The maximum atomic E-state index is 13.1. The number of hydrogen-bond donors (Lipinski definition) is 2. The van der Waals surface area contributed by atoms with Crippen LogP contribution in [-0.4, -0.2) is 21.1 Å². The summed E-state index contributed by atoms with van der Waals surface area (Å²) in [7, 11) is 0. The molecule has 0 aliphatic carbocycles. The Bertz CT molecular complexity index is 790. The summed E-state index contributed by atoms with van der Waals surface area (Å²) in [6.07, 6.45) is 1.46. The third-order valence-corrected chi connectivity index (χ3v) is 4.01. The number of aromatic nitrogens is 3. The summed E-state index contributed by atoms with van der Waals surface area (Å²) in [5, 5.41) is 9.97.